The standard InChI is InChI=1S/C11H11BrN4O2/c1-6-9(12)11(17)16(5-13-6)4-8-14-15-10(18-8)7-2-3-7/h5,7H,2-4H2,1H3. The summed E-state index contributed by atoms with van der Waals surface area (Å²) in [6, 6.07) is 0. The van der Waals surface area contributed by atoms with Crippen LogP contribution in [0, 0.1) is 6.92 Å². The smallest absolute Gasteiger partial charge is 0.268 e. The Bertz CT molecular complexity index is 645. The molecule has 0 spiro atoms. The van der Waals surface area contributed by atoms with Crippen molar-refractivity contribution in [3.05, 3.63) is 38.6 Å². The SMILES string of the molecule is Cc1ncn(Cc2nnc(C3CC3)o2)c(=O)c1Br. The Hall–Kier alpha value is -1.50. The van der Waals surface area contributed by atoms with Gasteiger partial charge in [0.05, 0.1) is 12.0 Å². The van der Waals surface area contributed by atoms with Crippen molar-refractivity contribution in [2.45, 2.75) is 32.2 Å². The summed E-state index contributed by atoms with van der Waals surface area (Å²) in [5, 5.41) is 7.93. The van der Waals surface area contributed by atoms with Gasteiger partial charge in [0, 0.05) is 5.92 Å². The molecule has 6 nitrogen and oxygen atoms in total. The summed E-state index contributed by atoms with van der Waals surface area (Å²) in [6.07, 6.45) is 3.71. The minimum atomic E-state index is -0.145. The number of aromatic nitrogens is 4. The first-order valence-electron chi connectivity index (χ1n) is 5.69. The van der Waals surface area contributed by atoms with Gasteiger partial charge in [0.15, 0.2) is 0 Å². The van der Waals surface area contributed by atoms with E-state index in [1.807, 2.05) is 0 Å². The van der Waals surface area contributed by atoms with Gasteiger partial charge in [-0.25, -0.2) is 4.98 Å². The number of halogens is 1. The van der Waals surface area contributed by atoms with E-state index in [1.165, 1.54) is 10.9 Å². The molecule has 0 amide bonds. The van der Waals surface area contributed by atoms with Gasteiger partial charge >= 0.3 is 0 Å². The Balaban J connectivity index is 1.87. The van der Waals surface area contributed by atoms with E-state index in [2.05, 4.69) is 31.1 Å². The molecule has 0 saturated heterocycles. The summed E-state index contributed by atoms with van der Waals surface area (Å²) in [5.74, 6) is 1.54. The van der Waals surface area contributed by atoms with Crippen LogP contribution in [0.5, 0.6) is 0 Å². The van der Waals surface area contributed by atoms with Gasteiger partial charge in [0.2, 0.25) is 11.8 Å². The van der Waals surface area contributed by atoms with Gasteiger partial charge in [0.25, 0.3) is 5.56 Å². The highest BCUT2D eigenvalue weighted by Crippen LogP contribution is 2.38. The molecule has 1 aliphatic rings. The van der Waals surface area contributed by atoms with Crippen LogP contribution >= 0.6 is 15.9 Å². The fourth-order valence-corrected chi connectivity index (χ4v) is 1.96. The summed E-state index contributed by atoms with van der Waals surface area (Å²) in [7, 11) is 0. The van der Waals surface area contributed by atoms with Crippen molar-refractivity contribution < 1.29 is 4.42 Å². The van der Waals surface area contributed by atoms with Gasteiger partial charge in [-0.2, -0.15) is 0 Å². The zero-order chi connectivity index (χ0) is 12.7. The number of aryl methyl sites for hydroxylation is 1. The van der Waals surface area contributed by atoms with Gasteiger partial charge in [-0.3, -0.25) is 9.36 Å². The van der Waals surface area contributed by atoms with Crippen LogP contribution in [0.1, 0.15) is 36.2 Å². The van der Waals surface area contributed by atoms with Crippen LogP contribution in [0.15, 0.2) is 20.0 Å². The quantitative estimate of drug-likeness (QED) is 0.861. The van der Waals surface area contributed by atoms with Gasteiger partial charge in [-0.15, -0.1) is 10.2 Å². The molecule has 0 bridgehead atoms. The largest absolute Gasteiger partial charge is 0.423 e. The second kappa shape index (κ2) is 4.31. The van der Waals surface area contributed by atoms with Crippen molar-refractivity contribution in [3.8, 4) is 0 Å². The lowest BCUT2D eigenvalue weighted by Crippen LogP contribution is -2.22. The molecule has 1 aliphatic carbocycles. The predicted octanol–water partition coefficient (Wildman–Crippen LogP) is 1.62. The molecule has 18 heavy (non-hydrogen) atoms. The Morgan fingerprint density at radius 2 is 2.28 bits per heavy atom. The molecule has 3 rings (SSSR count). The van der Waals surface area contributed by atoms with Crippen molar-refractivity contribution in [1.82, 2.24) is 19.7 Å². The summed E-state index contributed by atoms with van der Waals surface area (Å²) < 4.78 is 7.42. The lowest BCUT2D eigenvalue weighted by Gasteiger charge is -2.03. The molecule has 7 heteroatoms. The molecule has 0 unspecified atom stereocenters. The first-order valence-corrected chi connectivity index (χ1v) is 6.48. The second-order valence-electron chi connectivity index (χ2n) is 4.39. The molecule has 0 radical (unpaired) electrons. The van der Waals surface area contributed by atoms with E-state index in [0.29, 0.717) is 27.9 Å². The van der Waals surface area contributed by atoms with Crippen LogP contribution in [-0.2, 0) is 6.54 Å². The number of nitrogens with zero attached hydrogens (tertiary/aromatic N) is 4. The third kappa shape index (κ3) is 2.10. The maximum absolute atomic E-state index is 11.9. The van der Waals surface area contributed by atoms with E-state index in [9.17, 15) is 4.79 Å². The van der Waals surface area contributed by atoms with Crippen LogP contribution < -0.4 is 5.56 Å². The number of hydrogen-bond donors (Lipinski definition) is 0. The molecule has 0 aromatic carbocycles. The normalized spacial score (nSPS) is 15.0. The van der Waals surface area contributed by atoms with E-state index in [-0.39, 0.29) is 12.1 Å². The zero-order valence-electron chi connectivity index (χ0n) is 9.76. The highest BCUT2D eigenvalue weighted by Gasteiger charge is 2.29. The topological polar surface area (TPSA) is 73.8 Å². The van der Waals surface area contributed by atoms with E-state index in [4.69, 9.17) is 4.42 Å². The van der Waals surface area contributed by atoms with Crippen molar-refractivity contribution in [3.63, 3.8) is 0 Å². The number of rotatable bonds is 3. The Morgan fingerprint density at radius 1 is 1.50 bits per heavy atom. The maximum atomic E-state index is 11.9. The average Bonchev–Trinajstić information content (AvgIpc) is 3.11. The fourth-order valence-electron chi connectivity index (χ4n) is 1.63. The molecule has 2 aromatic heterocycles. The third-order valence-electron chi connectivity index (χ3n) is 2.87. The number of hydrogen-bond acceptors (Lipinski definition) is 5. The predicted molar refractivity (Wildman–Crippen MR) is 66.3 cm³/mol. The first kappa shape index (κ1) is 11.6. The lowest BCUT2D eigenvalue weighted by atomic mass is 10.4. The lowest BCUT2D eigenvalue weighted by molar-refractivity contribution is 0.435. The van der Waals surface area contributed by atoms with Gasteiger partial charge in [-0.1, -0.05) is 0 Å². The second-order valence-corrected chi connectivity index (χ2v) is 5.18. The van der Waals surface area contributed by atoms with Crippen LogP contribution in [0.4, 0.5) is 0 Å². The fraction of sp³-hybridized carbons (Fsp3) is 0.455. The molecular weight excluding hydrogens is 300 g/mol. The first-order chi connectivity index (χ1) is 8.65. The average molecular weight is 311 g/mol. The summed E-state index contributed by atoms with van der Waals surface area (Å²) in [5.41, 5.74) is 0.522. The molecule has 1 fully saturated rings. The van der Waals surface area contributed by atoms with Crippen molar-refractivity contribution in [1.29, 1.82) is 0 Å². The van der Waals surface area contributed by atoms with Gasteiger partial charge in [0.1, 0.15) is 11.0 Å². The monoisotopic (exact) mass is 310 g/mol. The van der Waals surface area contributed by atoms with Gasteiger partial charge in [-0.05, 0) is 35.7 Å². The van der Waals surface area contributed by atoms with Crippen LogP contribution in [0.3, 0.4) is 0 Å². The molecule has 2 heterocycles. The van der Waals surface area contributed by atoms with E-state index in [0.717, 1.165) is 12.8 Å². The van der Waals surface area contributed by atoms with E-state index < -0.39 is 0 Å². The third-order valence-corrected chi connectivity index (χ3v) is 3.78. The Labute approximate surface area is 111 Å². The van der Waals surface area contributed by atoms with Crippen molar-refractivity contribution in [2.75, 3.05) is 0 Å². The minimum Gasteiger partial charge on any atom is -0.423 e. The van der Waals surface area contributed by atoms with Gasteiger partial charge < -0.3 is 4.42 Å². The van der Waals surface area contributed by atoms with Crippen LogP contribution in [-0.4, -0.2) is 19.7 Å². The van der Waals surface area contributed by atoms with E-state index in [1.54, 1.807) is 6.92 Å². The molecule has 2 aromatic rings. The maximum Gasteiger partial charge on any atom is 0.268 e. The highest BCUT2D eigenvalue weighted by molar-refractivity contribution is 9.10. The molecule has 94 valence electrons. The molecule has 0 N–H and O–H groups in total. The minimum absolute atomic E-state index is 0.145. The van der Waals surface area contributed by atoms with Crippen molar-refractivity contribution in [2.24, 2.45) is 0 Å². The Kier molecular flexibility index (Phi) is 2.77. The summed E-state index contributed by atoms with van der Waals surface area (Å²) >= 11 is 3.22. The molecular formula is C11H11BrN4O2. The van der Waals surface area contributed by atoms with Crippen LogP contribution in [0.25, 0.3) is 0 Å². The Morgan fingerprint density at radius 3 is 3.00 bits per heavy atom. The summed E-state index contributed by atoms with van der Waals surface area (Å²) in [6.45, 7) is 2.03. The van der Waals surface area contributed by atoms with Crippen molar-refractivity contribution >= 4 is 15.9 Å². The molecule has 0 atom stereocenters. The summed E-state index contributed by atoms with van der Waals surface area (Å²) in [4.78, 5) is 16.0. The molecule has 1 saturated carbocycles. The highest BCUT2D eigenvalue weighted by atomic mass is 79.9. The zero-order valence-corrected chi connectivity index (χ0v) is 11.3. The van der Waals surface area contributed by atoms with E-state index >= 15 is 0 Å². The van der Waals surface area contributed by atoms with Crippen LogP contribution in [0.2, 0.25) is 0 Å². The molecule has 0 aliphatic heterocycles.